The van der Waals surface area contributed by atoms with Gasteiger partial charge in [0.2, 0.25) is 6.41 Å². The number of halogens is 1. The Balaban J connectivity index is 1.92. The summed E-state index contributed by atoms with van der Waals surface area (Å²) in [6.07, 6.45) is 5.97. The quantitative estimate of drug-likeness (QED) is 0.691. The molecular weight excluding hydrogens is 262 g/mol. The topological polar surface area (TPSA) is 54.9 Å². The molecule has 2 aromatic heterocycles. The Kier molecular flexibility index (Phi) is 3.17. The number of carbonyl (C=O) groups excluding carboxylic acids is 1. The van der Waals surface area contributed by atoms with Crippen molar-refractivity contribution in [3.63, 3.8) is 0 Å². The number of fused-ring (bicyclic) bond motifs is 1. The van der Waals surface area contributed by atoms with Gasteiger partial charge in [0.05, 0.1) is 0 Å². The van der Waals surface area contributed by atoms with Gasteiger partial charge in [0.1, 0.15) is 11.0 Å². The Morgan fingerprint density at radius 3 is 3.00 bits per heavy atom. The van der Waals surface area contributed by atoms with Crippen LogP contribution in [0.2, 0.25) is 5.15 Å². The fourth-order valence-corrected chi connectivity index (χ4v) is 2.80. The van der Waals surface area contributed by atoms with Crippen molar-refractivity contribution in [3.8, 4) is 0 Å². The molecule has 19 heavy (non-hydrogen) atoms. The molecule has 3 rings (SSSR count). The highest BCUT2D eigenvalue weighted by molar-refractivity contribution is 6.29. The van der Waals surface area contributed by atoms with E-state index < -0.39 is 0 Å². The molecule has 96 valence electrons. The number of carbonyl (C=O) groups is 1. The SMILES string of the molecule is O=CNc1ncccc1C1Cc2cnc(Cl)cc2C1. The van der Waals surface area contributed by atoms with Crippen molar-refractivity contribution in [2.24, 2.45) is 0 Å². The molecule has 4 nitrogen and oxygen atoms in total. The molecule has 1 N–H and O–H groups in total. The first-order valence-electron chi connectivity index (χ1n) is 6.06. The van der Waals surface area contributed by atoms with Gasteiger partial charge in [-0.15, -0.1) is 0 Å². The van der Waals surface area contributed by atoms with Crippen molar-refractivity contribution in [3.05, 3.63) is 52.4 Å². The summed E-state index contributed by atoms with van der Waals surface area (Å²) < 4.78 is 0. The summed E-state index contributed by atoms with van der Waals surface area (Å²) in [6.45, 7) is 0. The first kappa shape index (κ1) is 12.1. The van der Waals surface area contributed by atoms with Crippen LogP contribution in [0.1, 0.15) is 22.6 Å². The molecule has 0 aliphatic heterocycles. The standard InChI is InChI=1S/C14H12ClN3O/c15-13-6-9-4-10(5-11(9)7-17-13)12-2-1-3-16-14(12)18-8-19/h1-3,6-8,10H,4-5H2,(H,16,18,19). The monoisotopic (exact) mass is 273 g/mol. The Hall–Kier alpha value is -1.94. The molecule has 2 heterocycles. The molecule has 0 aromatic carbocycles. The van der Waals surface area contributed by atoms with Crippen LogP contribution < -0.4 is 5.32 Å². The second-order valence-electron chi connectivity index (χ2n) is 4.58. The number of nitrogens with one attached hydrogen (secondary N) is 1. The van der Waals surface area contributed by atoms with Crippen molar-refractivity contribution in [2.45, 2.75) is 18.8 Å². The van der Waals surface area contributed by atoms with E-state index in [1.54, 1.807) is 6.20 Å². The van der Waals surface area contributed by atoms with Crippen molar-refractivity contribution in [1.82, 2.24) is 9.97 Å². The number of rotatable bonds is 3. The van der Waals surface area contributed by atoms with Crippen molar-refractivity contribution in [2.75, 3.05) is 5.32 Å². The van der Waals surface area contributed by atoms with Crippen molar-refractivity contribution in [1.29, 1.82) is 0 Å². The van der Waals surface area contributed by atoms with Crippen LogP contribution in [0, 0.1) is 0 Å². The molecule has 0 radical (unpaired) electrons. The van der Waals surface area contributed by atoms with Gasteiger partial charge in [-0.25, -0.2) is 9.97 Å². The van der Waals surface area contributed by atoms with E-state index in [9.17, 15) is 4.79 Å². The lowest BCUT2D eigenvalue weighted by atomic mass is 9.97. The van der Waals surface area contributed by atoms with Crippen LogP contribution >= 0.6 is 11.6 Å². The largest absolute Gasteiger partial charge is 0.313 e. The van der Waals surface area contributed by atoms with Gasteiger partial charge in [-0.1, -0.05) is 17.7 Å². The Morgan fingerprint density at radius 1 is 1.32 bits per heavy atom. The average Bonchev–Trinajstić information content (AvgIpc) is 2.82. The van der Waals surface area contributed by atoms with E-state index in [0.717, 1.165) is 18.4 Å². The molecule has 1 unspecified atom stereocenters. The summed E-state index contributed by atoms with van der Waals surface area (Å²) in [5.41, 5.74) is 3.50. The van der Waals surface area contributed by atoms with E-state index in [0.29, 0.717) is 23.3 Å². The number of pyridine rings is 2. The van der Waals surface area contributed by atoms with E-state index in [4.69, 9.17) is 11.6 Å². The minimum absolute atomic E-state index is 0.311. The molecular formula is C14H12ClN3O. The summed E-state index contributed by atoms with van der Waals surface area (Å²) in [5, 5.41) is 3.18. The smallest absolute Gasteiger partial charge is 0.212 e. The molecule has 0 spiro atoms. The van der Waals surface area contributed by atoms with Crippen molar-refractivity contribution >= 4 is 23.8 Å². The maximum atomic E-state index is 10.6. The fraction of sp³-hybridized carbons (Fsp3) is 0.214. The summed E-state index contributed by atoms with van der Waals surface area (Å²) in [6, 6.07) is 5.81. The molecule has 0 bridgehead atoms. The molecule has 1 atom stereocenters. The molecule has 1 aliphatic carbocycles. The number of hydrogen-bond donors (Lipinski definition) is 1. The normalized spacial score (nSPS) is 17.0. The van der Waals surface area contributed by atoms with E-state index in [1.807, 2.05) is 24.4 Å². The van der Waals surface area contributed by atoms with E-state index in [1.165, 1.54) is 11.1 Å². The zero-order valence-corrected chi connectivity index (χ0v) is 10.9. The second kappa shape index (κ2) is 4.97. The Morgan fingerprint density at radius 2 is 2.16 bits per heavy atom. The van der Waals surface area contributed by atoms with Gasteiger partial charge in [-0.3, -0.25) is 4.79 Å². The number of anilines is 1. The van der Waals surface area contributed by atoms with Crippen LogP contribution in [0.3, 0.4) is 0 Å². The third kappa shape index (κ3) is 2.31. The highest BCUT2D eigenvalue weighted by atomic mass is 35.5. The Bertz CT molecular complexity index is 630. The lowest BCUT2D eigenvalue weighted by Crippen LogP contribution is -2.06. The number of nitrogens with zero attached hydrogens (tertiary/aromatic N) is 2. The zero-order valence-electron chi connectivity index (χ0n) is 10.1. The summed E-state index contributed by atoms with van der Waals surface area (Å²) in [5.74, 6) is 0.945. The minimum atomic E-state index is 0.311. The molecule has 0 fully saturated rings. The third-order valence-electron chi connectivity index (χ3n) is 3.46. The second-order valence-corrected chi connectivity index (χ2v) is 4.97. The van der Waals surface area contributed by atoms with E-state index >= 15 is 0 Å². The summed E-state index contributed by atoms with van der Waals surface area (Å²) >= 11 is 5.92. The Labute approximate surface area is 115 Å². The van der Waals surface area contributed by atoms with Crippen molar-refractivity contribution < 1.29 is 4.79 Å². The molecule has 2 aromatic rings. The van der Waals surface area contributed by atoms with Crippen LogP contribution in [0.5, 0.6) is 0 Å². The first-order valence-corrected chi connectivity index (χ1v) is 6.44. The van der Waals surface area contributed by atoms with Crippen LogP contribution in [-0.2, 0) is 17.6 Å². The molecule has 0 saturated carbocycles. The van der Waals surface area contributed by atoms with Gasteiger partial charge < -0.3 is 5.32 Å². The van der Waals surface area contributed by atoms with Gasteiger partial charge in [0, 0.05) is 12.4 Å². The lowest BCUT2D eigenvalue weighted by Gasteiger charge is -2.12. The van der Waals surface area contributed by atoms with Gasteiger partial charge in [0.25, 0.3) is 0 Å². The van der Waals surface area contributed by atoms with E-state index in [-0.39, 0.29) is 0 Å². The fourth-order valence-electron chi connectivity index (χ4n) is 2.62. The molecule has 5 heteroatoms. The maximum absolute atomic E-state index is 10.6. The predicted molar refractivity (Wildman–Crippen MR) is 73.3 cm³/mol. The number of hydrogen-bond acceptors (Lipinski definition) is 3. The molecule has 1 aliphatic rings. The average molecular weight is 274 g/mol. The van der Waals surface area contributed by atoms with Gasteiger partial charge in [-0.2, -0.15) is 0 Å². The van der Waals surface area contributed by atoms with Gasteiger partial charge in [0.15, 0.2) is 0 Å². The zero-order chi connectivity index (χ0) is 13.2. The van der Waals surface area contributed by atoms with Gasteiger partial charge >= 0.3 is 0 Å². The van der Waals surface area contributed by atoms with Gasteiger partial charge in [-0.05, 0) is 47.6 Å². The summed E-state index contributed by atoms with van der Waals surface area (Å²) in [4.78, 5) is 19.0. The van der Waals surface area contributed by atoms with Crippen LogP contribution in [0.4, 0.5) is 5.82 Å². The first-order chi connectivity index (χ1) is 9.28. The number of aromatic nitrogens is 2. The third-order valence-corrected chi connectivity index (χ3v) is 3.66. The van der Waals surface area contributed by atoms with E-state index in [2.05, 4.69) is 15.3 Å². The van der Waals surface area contributed by atoms with Crippen LogP contribution in [0.15, 0.2) is 30.6 Å². The highest BCUT2D eigenvalue weighted by Gasteiger charge is 2.25. The molecule has 0 saturated heterocycles. The highest BCUT2D eigenvalue weighted by Crippen LogP contribution is 2.36. The lowest BCUT2D eigenvalue weighted by molar-refractivity contribution is -0.105. The van der Waals surface area contributed by atoms with Crippen LogP contribution in [0.25, 0.3) is 0 Å². The minimum Gasteiger partial charge on any atom is -0.313 e. The number of amides is 1. The maximum Gasteiger partial charge on any atom is 0.212 e. The molecule has 1 amide bonds. The summed E-state index contributed by atoms with van der Waals surface area (Å²) in [7, 11) is 0. The predicted octanol–water partition coefficient (Wildman–Crippen LogP) is 2.58. The van der Waals surface area contributed by atoms with Crippen LogP contribution in [-0.4, -0.2) is 16.4 Å².